The van der Waals surface area contributed by atoms with E-state index >= 15 is 0 Å². The molecule has 1 heterocycles. The van der Waals surface area contributed by atoms with Crippen molar-refractivity contribution in [3.05, 3.63) is 88.0 Å². The van der Waals surface area contributed by atoms with Gasteiger partial charge in [0, 0.05) is 10.4 Å². The number of nitrogens with one attached hydrogen (secondary N) is 1. The van der Waals surface area contributed by atoms with Crippen LogP contribution in [-0.2, 0) is 11.2 Å². The first-order valence-corrected chi connectivity index (χ1v) is 10.3. The summed E-state index contributed by atoms with van der Waals surface area (Å²) in [6.07, 6.45) is 0.246. The third-order valence-corrected chi connectivity index (χ3v) is 5.86. The molecule has 0 aliphatic rings. The molecule has 0 fully saturated rings. The Labute approximate surface area is 173 Å². The van der Waals surface area contributed by atoms with Crippen molar-refractivity contribution in [3.63, 3.8) is 0 Å². The molecule has 5 heteroatoms. The number of amides is 1. The van der Waals surface area contributed by atoms with Crippen LogP contribution < -0.4 is 5.32 Å². The van der Waals surface area contributed by atoms with Crippen molar-refractivity contribution in [2.75, 3.05) is 0 Å². The van der Waals surface area contributed by atoms with Crippen LogP contribution in [0.25, 0.3) is 22.0 Å². The van der Waals surface area contributed by atoms with E-state index in [4.69, 9.17) is 0 Å². The number of rotatable bonds is 5. The zero-order chi connectivity index (χ0) is 20.4. The zero-order valence-electron chi connectivity index (χ0n) is 16.3. The minimum absolute atomic E-state index is 0.0577. The summed E-state index contributed by atoms with van der Waals surface area (Å²) in [5.41, 5.74) is 2.64. The largest absolute Gasteiger partial charge is 0.349 e. The van der Waals surface area contributed by atoms with Gasteiger partial charge in [-0.25, -0.2) is 9.37 Å². The molecule has 0 bridgehead atoms. The van der Waals surface area contributed by atoms with Gasteiger partial charge in [0.05, 0.1) is 23.2 Å². The lowest BCUT2D eigenvalue weighted by Crippen LogP contribution is -2.28. The monoisotopic (exact) mass is 404 g/mol. The summed E-state index contributed by atoms with van der Waals surface area (Å²) in [7, 11) is 0. The molecule has 0 aliphatic carbocycles. The first kappa shape index (κ1) is 19.3. The molecule has 3 nitrogen and oxygen atoms in total. The summed E-state index contributed by atoms with van der Waals surface area (Å²) in [6, 6.07) is 20.5. The van der Waals surface area contributed by atoms with Crippen LogP contribution >= 0.6 is 11.3 Å². The van der Waals surface area contributed by atoms with Gasteiger partial charge in [-0.2, -0.15) is 0 Å². The fourth-order valence-electron chi connectivity index (χ4n) is 3.42. The molecule has 1 amide bonds. The summed E-state index contributed by atoms with van der Waals surface area (Å²) < 4.78 is 13.2. The third kappa shape index (κ3) is 4.35. The molecule has 0 spiro atoms. The number of fused-ring (bicyclic) bond motifs is 1. The van der Waals surface area contributed by atoms with E-state index in [1.54, 1.807) is 12.1 Å². The number of carbonyl (C=O) groups excluding carboxylic acids is 1. The Kier molecular flexibility index (Phi) is 5.41. The Hall–Kier alpha value is -3.05. The van der Waals surface area contributed by atoms with E-state index in [1.165, 1.54) is 28.9 Å². The average molecular weight is 405 g/mol. The SMILES string of the molecule is Cc1nc(-c2ccc(F)cc2)c(CC(=O)NC(C)c2ccc3ccccc3c2)s1. The van der Waals surface area contributed by atoms with Crippen LogP contribution in [0.5, 0.6) is 0 Å². The van der Waals surface area contributed by atoms with E-state index in [0.717, 1.165) is 32.1 Å². The lowest BCUT2D eigenvalue weighted by Gasteiger charge is -2.15. The Balaban J connectivity index is 1.50. The fraction of sp³-hybridized carbons (Fsp3) is 0.167. The molecule has 0 saturated carbocycles. The maximum Gasteiger partial charge on any atom is 0.225 e. The van der Waals surface area contributed by atoms with Gasteiger partial charge >= 0.3 is 0 Å². The van der Waals surface area contributed by atoms with Crippen LogP contribution in [0.4, 0.5) is 4.39 Å². The van der Waals surface area contributed by atoms with E-state index in [2.05, 4.69) is 34.6 Å². The van der Waals surface area contributed by atoms with Crippen molar-refractivity contribution < 1.29 is 9.18 Å². The van der Waals surface area contributed by atoms with Crippen LogP contribution in [0.15, 0.2) is 66.7 Å². The maximum absolute atomic E-state index is 13.2. The van der Waals surface area contributed by atoms with Gasteiger partial charge in [0.2, 0.25) is 5.91 Å². The number of benzene rings is 3. The van der Waals surface area contributed by atoms with Gasteiger partial charge in [-0.15, -0.1) is 11.3 Å². The van der Waals surface area contributed by atoms with Gasteiger partial charge in [-0.1, -0.05) is 36.4 Å². The van der Waals surface area contributed by atoms with E-state index in [1.807, 2.05) is 32.0 Å². The van der Waals surface area contributed by atoms with Gasteiger partial charge in [-0.05, 0) is 60.5 Å². The first-order chi connectivity index (χ1) is 14.0. The van der Waals surface area contributed by atoms with Crippen LogP contribution in [0.1, 0.15) is 28.4 Å². The highest BCUT2D eigenvalue weighted by atomic mass is 32.1. The molecule has 0 radical (unpaired) electrons. The number of hydrogen-bond acceptors (Lipinski definition) is 3. The number of aromatic nitrogens is 1. The first-order valence-electron chi connectivity index (χ1n) is 9.50. The minimum atomic E-state index is -0.288. The zero-order valence-corrected chi connectivity index (χ0v) is 17.1. The molecule has 0 aliphatic heterocycles. The molecule has 29 heavy (non-hydrogen) atoms. The molecular formula is C24H21FN2OS. The normalized spacial score (nSPS) is 12.1. The second-order valence-corrected chi connectivity index (χ2v) is 8.37. The topological polar surface area (TPSA) is 42.0 Å². The summed E-state index contributed by atoms with van der Waals surface area (Å²) in [6.45, 7) is 3.90. The third-order valence-electron chi connectivity index (χ3n) is 4.89. The van der Waals surface area contributed by atoms with E-state index in [-0.39, 0.29) is 24.2 Å². The summed E-state index contributed by atoms with van der Waals surface area (Å²) in [5.74, 6) is -0.345. The van der Waals surface area contributed by atoms with Gasteiger partial charge in [0.15, 0.2) is 0 Å². The smallest absolute Gasteiger partial charge is 0.225 e. The Morgan fingerprint density at radius 1 is 1.07 bits per heavy atom. The fourth-order valence-corrected chi connectivity index (χ4v) is 4.38. The average Bonchev–Trinajstić information content (AvgIpc) is 3.08. The number of aryl methyl sites for hydroxylation is 1. The van der Waals surface area contributed by atoms with Crippen molar-refractivity contribution in [2.24, 2.45) is 0 Å². The van der Waals surface area contributed by atoms with Crippen molar-refractivity contribution in [2.45, 2.75) is 26.3 Å². The molecule has 1 aromatic heterocycles. The highest BCUT2D eigenvalue weighted by Crippen LogP contribution is 2.29. The van der Waals surface area contributed by atoms with Gasteiger partial charge in [0.25, 0.3) is 0 Å². The molecule has 4 rings (SSSR count). The predicted octanol–water partition coefficient (Wildman–Crippen LogP) is 5.83. The maximum atomic E-state index is 13.2. The van der Waals surface area contributed by atoms with Crippen molar-refractivity contribution in [1.29, 1.82) is 0 Å². The van der Waals surface area contributed by atoms with Crippen LogP contribution in [-0.4, -0.2) is 10.9 Å². The van der Waals surface area contributed by atoms with E-state index in [9.17, 15) is 9.18 Å². The molecule has 0 saturated heterocycles. The second-order valence-electron chi connectivity index (χ2n) is 7.08. The molecule has 1 unspecified atom stereocenters. The lowest BCUT2D eigenvalue weighted by molar-refractivity contribution is -0.121. The molecule has 1 atom stereocenters. The standard InChI is InChI=1S/C24H21FN2OS/c1-15(19-8-7-17-5-3-4-6-20(17)13-19)26-23(28)14-22-24(27-16(2)29-22)18-9-11-21(25)12-10-18/h3-13,15H,14H2,1-2H3,(H,26,28). The van der Waals surface area contributed by atoms with E-state index < -0.39 is 0 Å². The predicted molar refractivity (Wildman–Crippen MR) is 116 cm³/mol. The summed E-state index contributed by atoms with van der Waals surface area (Å²) >= 11 is 1.50. The number of carbonyl (C=O) groups is 1. The molecule has 3 aromatic carbocycles. The van der Waals surface area contributed by atoms with Crippen molar-refractivity contribution in [1.82, 2.24) is 10.3 Å². The van der Waals surface area contributed by atoms with Gasteiger partial charge in [-0.3, -0.25) is 4.79 Å². The van der Waals surface area contributed by atoms with Crippen LogP contribution in [0, 0.1) is 12.7 Å². The van der Waals surface area contributed by atoms with Crippen LogP contribution in [0.3, 0.4) is 0 Å². The Morgan fingerprint density at radius 2 is 1.79 bits per heavy atom. The van der Waals surface area contributed by atoms with Gasteiger partial charge < -0.3 is 5.32 Å². The highest BCUT2D eigenvalue weighted by Gasteiger charge is 2.17. The number of nitrogens with zero attached hydrogens (tertiary/aromatic N) is 1. The van der Waals surface area contributed by atoms with Crippen molar-refractivity contribution in [3.8, 4) is 11.3 Å². The summed E-state index contributed by atoms with van der Waals surface area (Å²) in [4.78, 5) is 18.2. The van der Waals surface area contributed by atoms with E-state index in [0.29, 0.717) is 0 Å². The number of hydrogen-bond donors (Lipinski definition) is 1. The molecular weight excluding hydrogens is 383 g/mol. The molecule has 146 valence electrons. The summed E-state index contributed by atoms with van der Waals surface area (Å²) in [5, 5.41) is 6.31. The molecule has 4 aromatic rings. The quantitative estimate of drug-likeness (QED) is 0.455. The van der Waals surface area contributed by atoms with Crippen molar-refractivity contribution >= 4 is 28.0 Å². The minimum Gasteiger partial charge on any atom is -0.349 e. The highest BCUT2D eigenvalue weighted by molar-refractivity contribution is 7.12. The number of thiazole rings is 1. The van der Waals surface area contributed by atoms with Crippen LogP contribution in [0.2, 0.25) is 0 Å². The Morgan fingerprint density at radius 3 is 2.55 bits per heavy atom. The second kappa shape index (κ2) is 8.13. The Bertz CT molecular complexity index is 1170. The lowest BCUT2D eigenvalue weighted by atomic mass is 10.0. The van der Waals surface area contributed by atoms with Gasteiger partial charge in [0.1, 0.15) is 5.82 Å². The molecule has 1 N–H and O–H groups in total. The number of halogens is 1.